The number of pyridine rings is 2. The molecule has 0 amide bonds. The van der Waals surface area contributed by atoms with Gasteiger partial charge in [0.1, 0.15) is 11.8 Å². The van der Waals surface area contributed by atoms with E-state index in [0.717, 1.165) is 27.9 Å². The van der Waals surface area contributed by atoms with E-state index in [9.17, 15) is 0 Å². The lowest BCUT2D eigenvalue weighted by Crippen LogP contribution is -1.93. The van der Waals surface area contributed by atoms with Crippen LogP contribution in [-0.4, -0.2) is 14.4 Å². The van der Waals surface area contributed by atoms with Crippen molar-refractivity contribution in [1.82, 2.24) is 14.4 Å². The molecule has 0 aliphatic rings. The molecule has 0 bridgehead atoms. The second kappa shape index (κ2) is 4.17. The Kier molecular flexibility index (Phi) is 2.33. The van der Waals surface area contributed by atoms with Gasteiger partial charge in [-0.15, -0.1) is 0 Å². The fraction of sp³-hybridized carbons (Fsp3) is 0.0588. The van der Waals surface area contributed by atoms with E-state index >= 15 is 0 Å². The third-order valence-corrected chi connectivity index (χ3v) is 3.66. The van der Waals surface area contributed by atoms with Gasteiger partial charge in [-0.3, -0.25) is 4.98 Å². The molecule has 0 fully saturated rings. The molecule has 0 atom stereocenters. The highest BCUT2D eigenvalue weighted by molar-refractivity contribution is 5.86. The summed E-state index contributed by atoms with van der Waals surface area (Å²) < 4.78 is 1.97. The summed E-state index contributed by atoms with van der Waals surface area (Å²) in [6.07, 6.45) is 8.63. The zero-order valence-corrected chi connectivity index (χ0v) is 11.0. The molecule has 0 aliphatic heterocycles. The number of aryl methyl sites for hydroxylation is 1. The Bertz CT molecular complexity index is 922. The minimum Gasteiger partial charge on any atom is -0.306 e. The Hall–Kier alpha value is -2.68. The lowest BCUT2D eigenvalue weighted by atomic mass is 10.0. The van der Waals surface area contributed by atoms with Crippen LogP contribution in [0.15, 0.2) is 55.0 Å². The van der Waals surface area contributed by atoms with Crippen LogP contribution >= 0.6 is 0 Å². The van der Waals surface area contributed by atoms with E-state index in [1.54, 1.807) is 0 Å². The topological polar surface area (TPSA) is 30.2 Å². The quantitative estimate of drug-likeness (QED) is 0.521. The Morgan fingerprint density at radius 1 is 1.10 bits per heavy atom. The maximum Gasteiger partial charge on any atom is 0.141 e. The second-order valence-electron chi connectivity index (χ2n) is 4.87. The van der Waals surface area contributed by atoms with Crippen LogP contribution in [0.25, 0.3) is 27.7 Å². The first-order chi connectivity index (χ1) is 9.83. The summed E-state index contributed by atoms with van der Waals surface area (Å²) in [5, 5.41) is 2.36. The number of nitrogens with zero attached hydrogens (tertiary/aromatic N) is 3. The first-order valence-electron chi connectivity index (χ1n) is 6.52. The summed E-state index contributed by atoms with van der Waals surface area (Å²) in [4.78, 5) is 8.86. The molecule has 0 spiro atoms. The van der Waals surface area contributed by atoms with E-state index in [1.165, 1.54) is 5.39 Å². The van der Waals surface area contributed by atoms with Crippen LogP contribution in [0, 0.1) is 13.1 Å². The molecule has 95 valence electrons. The Morgan fingerprint density at radius 3 is 2.85 bits per heavy atom. The number of rotatable bonds is 1. The van der Waals surface area contributed by atoms with Crippen LogP contribution in [-0.2, 0) is 0 Å². The van der Waals surface area contributed by atoms with Crippen LogP contribution in [0.4, 0.5) is 0 Å². The van der Waals surface area contributed by atoms with Crippen molar-refractivity contribution >= 4 is 16.4 Å². The molecule has 0 saturated carbocycles. The van der Waals surface area contributed by atoms with Crippen molar-refractivity contribution in [3.8, 4) is 11.3 Å². The molecule has 4 aromatic rings. The van der Waals surface area contributed by atoms with Gasteiger partial charge in [-0.1, -0.05) is 24.3 Å². The van der Waals surface area contributed by atoms with Crippen molar-refractivity contribution in [2.24, 2.45) is 0 Å². The third kappa shape index (κ3) is 1.60. The Morgan fingerprint density at radius 2 is 1.95 bits per heavy atom. The highest BCUT2D eigenvalue weighted by Crippen LogP contribution is 2.26. The largest absolute Gasteiger partial charge is 0.306 e. The van der Waals surface area contributed by atoms with Gasteiger partial charge < -0.3 is 4.40 Å². The molecule has 3 heteroatoms. The summed E-state index contributed by atoms with van der Waals surface area (Å²) in [6, 6.07) is 12.5. The van der Waals surface area contributed by atoms with Gasteiger partial charge in [0.15, 0.2) is 0 Å². The molecule has 0 aliphatic carbocycles. The van der Waals surface area contributed by atoms with Gasteiger partial charge in [-0.2, -0.15) is 0 Å². The Balaban J connectivity index is 1.98. The van der Waals surface area contributed by atoms with Gasteiger partial charge >= 0.3 is 0 Å². The summed E-state index contributed by atoms with van der Waals surface area (Å²) in [7, 11) is 0. The van der Waals surface area contributed by atoms with Gasteiger partial charge in [-0.05, 0) is 24.4 Å². The minimum absolute atomic E-state index is 0.928. The summed E-state index contributed by atoms with van der Waals surface area (Å²) in [6.45, 7) is 2.07. The summed E-state index contributed by atoms with van der Waals surface area (Å²) in [5.41, 5.74) is 4.14. The number of benzene rings is 1. The highest BCUT2D eigenvalue weighted by Gasteiger charge is 2.08. The molecule has 0 unspecified atom stereocenters. The molecule has 20 heavy (non-hydrogen) atoms. The van der Waals surface area contributed by atoms with E-state index in [0.29, 0.717) is 0 Å². The molecule has 0 saturated heterocycles. The van der Waals surface area contributed by atoms with Crippen molar-refractivity contribution in [3.05, 3.63) is 66.7 Å². The van der Waals surface area contributed by atoms with Crippen LogP contribution in [0.3, 0.4) is 0 Å². The molecule has 4 rings (SSSR count). The van der Waals surface area contributed by atoms with Gasteiger partial charge in [0, 0.05) is 35.1 Å². The Labute approximate surface area is 116 Å². The zero-order valence-electron chi connectivity index (χ0n) is 11.0. The fourth-order valence-electron chi connectivity index (χ4n) is 2.57. The number of hydrogen-bond donors (Lipinski definition) is 0. The maximum atomic E-state index is 4.58. The molecule has 3 nitrogen and oxygen atoms in total. The van der Waals surface area contributed by atoms with Crippen molar-refractivity contribution in [2.45, 2.75) is 6.92 Å². The monoisotopic (exact) mass is 258 g/mol. The van der Waals surface area contributed by atoms with E-state index < -0.39 is 0 Å². The first-order valence-corrected chi connectivity index (χ1v) is 6.52. The normalized spacial score (nSPS) is 11.2. The fourth-order valence-corrected chi connectivity index (χ4v) is 2.57. The number of imidazole rings is 1. The van der Waals surface area contributed by atoms with E-state index in [2.05, 4.69) is 47.4 Å². The standard InChI is InChI=1S/C17H12N3/c1-12-15(6-8-20-9-7-18-17(12)20)16-10-13-4-2-3-5-14(13)11-19-16/h2-6,8-11H,1H3. The lowest BCUT2D eigenvalue weighted by Gasteiger charge is -2.08. The van der Waals surface area contributed by atoms with Gasteiger partial charge in [0.2, 0.25) is 0 Å². The van der Waals surface area contributed by atoms with Crippen LogP contribution in [0.2, 0.25) is 0 Å². The van der Waals surface area contributed by atoms with E-state index in [-0.39, 0.29) is 0 Å². The predicted molar refractivity (Wildman–Crippen MR) is 79.5 cm³/mol. The van der Waals surface area contributed by atoms with Gasteiger partial charge in [-0.25, -0.2) is 4.98 Å². The number of aromatic nitrogens is 3. The van der Waals surface area contributed by atoms with E-state index in [1.807, 2.05) is 35.1 Å². The van der Waals surface area contributed by atoms with Crippen LogP contribution in [0.5, 0.6) is 0 Å². The number of hydrogen-bond acceptors (Lipinski definition) is 2. The zero-order chi connectivity index (χ0) is 13.5. The lowest BCUT2D eigenvalue weighted by molar-refractivity contribution is 1.16. The third-order valence-electron chi connectivity index (χ3n) is 3.66. The molecule has 1 aromatic carbocycles. The van der Waals surface area contributed by atoms with Crippen molar-refractivity contribution in [3.63, 3.8) is 0 Å². The molecular weight excluding hydrogens is 246 g/mol. The molecule has 1 radical (unpaired) electrons. The van der Waals surface area contributed by atoms with Crippen LogP contribution < -0.4 is 0 Å². The molecule has 3 aromatic heterocycles. The average Bonchev–Trinajstić information content (AvgIpc) is 2.97. The average molecular weight is 258 g/mol. The summed E-state index contributed by atoms with van der Waals surface area (Å²) in [5.74, 6) is 0. The van der Waals surface area contributed by atoms with Crippen molar-refractivity contribution in [1.29, 1.82) is 0 Å². The smallest absolute Gasteiger partial charge is 0.141 e. The maximum absolute atomic E-state index is 4.58. The van der Waals surface area contributed by atoms with Gasteiger partial charge in [0.05, 0.1) is 5.69 Å². The molecule has 3 heterocycles. The molecule has 0 N–H and O–H groups in total. The minimum atomic E-state index is 0.928. The predicted octanol–water partition coefficient (Wildman–Crippen LogP) is 3.66. The number of fused-ring (bicyclic) bond motifs is 2. The van der Waals surface area contributed by atoms with Crippen molar-refractivity contribution in [2.75, 3.05) is 0 Å². The summed E-state index contributed by atoms with van der Waals surface area (Å²) >= 11 is 0. The van der Waals surface area contributed by atoms with Gasteiger partial charge in [0.25, 0.3) is 0 Å². The van der Waals surface area contributed by atoms with Crippen molar-refractivity contribution < 1.29 is 0 Å². The molecular formula is C17H12N3. The SMILES string of the molecule is Cc1c(-c2cc3ccccc3cn2)ccn2c[c]nc12. The highest BCUT2D eigenvalue weighted by atomic mass is 15.0. The van der Waals surface area contributed by atoms with Crippen LogP contribution in [0.1, 0.15) is 5.56 Å². The first kappa shape index (κ1) is 11.2. The van der Waals surface area contributed by atoms with E-state index in [4.69, 9.17) is 0 Å². The second-order valence-corrected chi connectivity index (χ2v) is 4.87.